The van der Waals surface area contributed by atoms with E-state index in [0.29, 0.717) is 37.2 Å². The molecule has 234 valence electrons. The highest BCUT2D eigenvalue weighted by Gasteiger charge is 2.27. The lowest BCUT2D eigenvalue weighted by Crippen LogP contribution is -2.42. The van der Waals surface area contributed by atoms with Gasteiger partial charge < -0.3 is 14.4 Å². The van der Waals surface area contributed by atoms with Crippen LogP contribution < -0.4 is 10.3 Å². The number of benzene rings is 1. The van der Waals surface area contributed by atoms with Gasteiger partial charge in [0.25, 0.3) is 5.56 Å². The molecule has 10 heteroatoms. The van der Waals surface area contributed by atoms with Crippen LogP contribution >= 0.6 is 27.3 Å². The molecule has 1 aliphatic heterocycles. The van der Waals surface area contributed by atoms with Crippen LogP contribution in [0.4, 0.5) is 4.79 Å². The SMILES string of the molecule is CC(C1=CC=CC(c2ncc(OCC3CCN(C(=O)OC(C)(C)C)CC3)cn2)C=C1)n1c(=O)ccc2c3cc(Br)ccc3sc21. The molecule has 1 fully saturated rings. The molecule has 1 saturated heterocycles. The first-order valence-corrected chi connectivity index (χ1v) is 16.9. The predicted molar refractivity (Wildman–Crippen MR) is 183 cm³/mol. The second-order valence-electron chi connectivity index (χ2n) is 12.6. The number of hydrogen-bond donors (Lipinski definition) is 0. The summed E-state index contributed by atoms with van der Waals surface area (Å²) in [4.78, 5) is 37.4. The summed E-state index contributed by atoms with van der Waals surface area (Å²) in [6, 6.07) is 9.67. The molecule has 1 amide bonds. The molecule has 4 heterocycles. The van der Waals surface area contributed by atoms with Crippen molar-refractivity contribution in [1.29, 1.82) is 0 Å². The molecule has 6 rings (SSSR count). The number of piperidine rings is 1. The third-order valence-corrected chi connectivity index (χ3v) is 9.87. The number of carbonyl (C=O) groups is 1. The average Bonchev–Trinajstić information content (AvgIpc) is 3.19. The maximum absolute atomic E-state index is 13.1. The number of likely N-dealkylation sites (tertiary alicyclic amines) is 1. The molecular weight excluding hydrogens is 652 g/mol. The minimum atomic E-state index is -0.489. The largest absolute Gasteiger partial charge is 0.490 e. The summed E-state index contributed by atoms with van der Waals surface area (Å²) >= 11 is 5.22. The second-order valence-corrected chi connectivity index (χ2v) is 14.6. The Balaban J connectivity index is 1.08. The van der Waals surface area contributed by atoms with Gasteiger partial charge in [-0.1, -0.05) is 46.3 Å². The number of carbonyl (C=O) groups excluding carboxylic acids is 1. The van der Waals surface area contributed by atoms with Gasteiger partial charge in [0.15, 0.2) is 5.75 Å². The first kappa shape index (κ1) is 31.2. The zero-order valence-corrected chi connectivity index (χ0v) is 28.3. The average molecular weight is 690 g/mol. The molecule has 0 N–H and O–H groups in total. The zero-order valence-electron chi connectivity index (χ0n) is 25.9. The van der Waals surface area contributed by atoms with Crippen LogP contribution in [-0.4, -0.2) is 50.8 Å². The molecule has 2 unspecified atom stereocenters. The van der Waals surface area contributed by atoms with Crippen LogP contribution in [0.1, 0.15) is 58.3 Å². The third kappa shape index (κ3) is 7.07. The third-order valence-electron chi connectivity index (χ3n) is 8.19. The van der Waals surface area contributed by atoms with Crippen molar-refractivity contribution in [3.05, 3.63) is 99.3 Å². The van der Waals surface area contributed by atoms with E-state index in [1.165, 1.54) is 0 Å². The van der Waals surface area contributed by atoms with Gasteiger partial charge in [-0.15, -0.1) is 11.3 Å². The van der Waals surface area contributed by atoms with E-state index in [2.05, 4.69) is 69.3 Å². The van der Waals surface area contributed by atoms with Crippen molar-refractivity contribution in [1.82, 2.24) is 19.4 Å². The lowest BCUT2D eigenvalue weighted by atomic mass is 9.98. The highest BCUT2D eigenvalue weighted by atomic mass is 79.9. The smallest absolute Gasteiger partial charge is 0.410 e. The first-order chi connectivity index (χ1) is 21.6. The van der Waals surface area contributed by atoms with Crippen molar-refractivity contribution >= 4 is 53.7 Å². The maximum Gasteiger partial charge on any atom is 0.410 e. The van der Waals surface area contributed by atoms with Crippen molar-refractivity contribution in [3.63, 3.8) is 0 Å². The minimum Gasteiger partial charge on any atom is -0.490 e. The van der Waals surface area contributed by atoms with Crippen LogP contribution in [0.25, 0.3) is 20.3 Å². The molecule has 2 aliphatic rings. The Morgan fingerprint density at radius 2 is 1.84 bits per heavy atom. The van der Waals surface area contributed by atoms with E-state index in [0.717, 1.165) is 43.2 Å². The molecule has 0 radical (unpaired) electrons. The number of pyridine rings is 1. The van der Waals surface area contributed by atoms with E-state index in [1.54, 1.807) is 34.7 Å². The monoisotopic (exact) mass is 688 g/mol. The van der Waals surface area contributed by atoms with Crippen LogP contribution in [0.15, 0.2) is 87.9 Å². The Morgan fingerprint density at radius 1 is 1.09 bits per heavy atom. The molecule has 8 nitrogen and oxygen atoms in total. The number of amides is 1. The molecular formula is C35H37BrN4O4S. The Labute approximate surface area is 275 Å². The van der Waals surface area contributed by atoms with Gasteiger partial charge in [0.2, 0.25) is 0 Å². The number of thiophene rings is 1. The summed E-state index contributed by atoms with van der Waals surface area (Å²) in [6.45, 7) is 9.60. The molecule has 45 heavy (non-hydrogen) atoms. The fourth-order valence-corrected chi connectivity index (χ4v) is 7.35. The summed E-state index contributed by atoms with van der Waals surface area (Å²) in [5.74, 6) is 1.56. The number of allylic oxidation sites excluding steroid dienone is 6. The standard InChI is InChI=1S/C35H37BrN4O4S/c1-22(40-31(41)13-11-28-29-18-26(36)10-12-30(29)45-33(28)40)24-6-5-7-25(9-8-24)32-37-19-27(20-38-32)43-21-23-14-16-39(17-15-23)34(42)44-35(2,3)4/h5-13,18-20,22-23,25H,14-17,21H2,1-4H3. The number of nitrogens with zero attached hydrogens (tertiary/aromatic N) is 4. The lowest BCUT2D eigenvalue weighted by Gasteiger charge is -2.33. The van der Waals surface area contributed by atoms with E-state index in [4.69, 9.17) is 9.47 Å². The number of fused-ring (bicyclic) bond motifs is 3. The van der Waals surface area contributed by atoms with Crippen molar-refractivity contribution in [2.75, 3.05) is 19.7 Å². The number of ether oxygens (including phenoxy) is 2. The number of hydrogen-bond acceptors (Lipinski definition) is 7. The molecule has 0 saturated carbocycles. The van der Waals surface area contributed by atoms with Crippen molar-refractivity contribution in [3.8, 4) is 5.75 Å². The summed E-state index contributed by atoms with van der Waals surface area (Å²) in [5.41, 5.74) is 0.517. The van der Waals surface area contributed by atoms with Gasteiger partial charge in [-0.25, -0.2) is 14.8 Å². The van der Waals surface area contributed by atoms with Crippen molar-refractivity contribution in [2.24, 2.45) is 5.92 Å². The van der Waals surface area contributed by atoms with Crippen molar-refractivity contribution < 1.29 is 14.3 Å². The highest BCUT2D eigenvalue weighted by Crippen LogP contribution is 2.37. The Bertz CT molecular complexity index is 1860. The van der Waals surface area contributed by atoms with Crippen LogP contribution in [0.5, 0.6) is 5.75 Å². The number of aromatic nitrogens is 3. The van der Waals surface area contributed by atoms with Crippen LogP contribution in [0.2, 0.25) is 0 Å². The molecule has 4 aromatic rings. The molecule has 3 aromatic heterocycles. The Morgan fingerprint density at radius 3 is 2.58 bits per heavy atom. The van der Waals surface area contributed by atoms with Gasteiger partial charge in [0, 0.05) is 39.1 Å². The van der Waals surface area contributed by atoms with Gasteiger partial charge in [-0.05, 0) is 76.3 Å². The summed E-state index contributed by atoms with van der Waals surface area (Å²) < 4.78 is 15.6. The summed E-state index contributed by atoms with van der Waals surface area (Å²) in [7, 11) is 0. The first-order valence-electron chi connectivity index (χ1n) is 15.3. The van der Waals surface area contributed by atoms with Crippen LogP contribution in [0.3, 0.4) is 0 Å². The van der Waals surface area contributed by atoms with Gasteiger partial charge >= 0.3 is 6.09 Å². The van der Waals surface area contributed by atoms with Gasteiger partial charge in [0.05, 0.1) is 31.0 Å². The van der Waals surface area contributed by atoms with Gasteiger partial charge in [-0.2, -0.15) is 0 Å². The Kier molecular flexibility index (Phi) is 8.97. The zero-order chi connectivity index (χ0) is 31.7. The summed E-state index contributed by atoms with van der Waals surface area (Å²) in [5, 5.41) is 2.22. The molecule has 1 aliphatic carbocycles. The normalized spacial score (nSPS) is 18.2. The predicted octanol–water partition coefficient (Wildman–Crippen LogP) is 8.19. The number of halogens is 1. The fourth-order valence-electron chi connectivity index (χ4n) is 5.73. The van der Waals surface area contributed by atoms with E-state index in [9.17, 15) is 9.59 Å². The topological polar surface area (TPSA) is 86.5 Å². The lowest BCUT2D eigenvalue weighted by molar-refractivity contribution is 0.0165. The maximum atomic E-state index is 13.1. The van der Waals surface area contributed by atoms with Crippen LogP contribution in [0, 0.1) is 5.92 Å². The molecule has 0 bridgehead atoms. The Hall–Kier alpha value is -3.76. The molecule has 1 aromatic carbocycles. The second kappa shape index (κ2) is 12.9. The van der Waals surface area contributed by atoms with E-state index in [-0.39, 0.29) is 23.6 Å². The van der Waals surface area contributed by atoms with E-state index < -0.39 is 5.60 Å². The van der Waals surface area contributed by atoms with Gasteiger partial charge in [0.1, 0.15) is 16.3 Å². The number of rotatable bonds is 6. The fraction of sp³-hybridized carbons (Fsp3) is 0.371. The quantitative estimate of drug-likeness (QED) is 0.203. The van der Waals surface area contributed by atoms with E-state index >= 15 is 0 Å². The van der Waals surface area contributed by atoms with Crippen molar-refractivity contribution in [2.45, 2.75) is 58.1 Å². The van der Waals surface area contributed by atoms with E-state index in [1.807, 2.05) is 43.5 Å². The van der Waals surface area contributed by atoms with Crippen LogP contribution in [-0.2, 0) is 4.74 Å². The molecule has 0 spiro atoms. The highest BCUT2D eigenvalue weighted by molar-refractivity contribution is 9.10. The summed E-state index contributed by atoms with van der Waals surface area (Å²) in [6.07, 6.45) is 15.2. The minimum absolute atomic E-state index is 0.0211. The van der Waals surface area contributed by atoms with Gasteiger partial charge in [-0.3, -0.25) is 9.36 Å². The molecule has 2 atom stereocenters.